The van der Waals surface area contributed by atoms with Crippen LogP contribution < -0.4 is 5.32 Å². The summed E-state index contributed by atoms with van der Waals surface area (Å²) in [5.74, 6) is -0.671. The van der Waals surface area contributed by atoms with Gasteiger partial charge < -0.3 is 15.2 Å². The third kappa shape index (κ3) is 3.57. The highest BCUT2D eigenvalue weighted by molar-refractivity contribution is 5.79. The molecule has 0 aliphatic rings. The van der Waals surface area contributed by atoms with Gasteiger partial charge in [0.1, 0.15) is 6.10 Å². The summed E-state index contributed by atoms with van der Waals surface area (Å²) >= 11 is 0. The Labute approximate surface area is 82.7 Å². The van der Waals surface area contributed by atoms with Gasteiger partial charge in [0.05, 0.1) is 6.61 Å². The highest BCUT2D eigenvalue weighted by atomic mass is 16.5. The van der Waals surface area contributed by atoms with Crippen LogP contribution >= 0.6 is 0 Å². The lowest BCUT2D eigenvalue weighted by molar-refractivity contribution is -0.149. The number of nitrogens with one attached hydrogen (secondary N) is 1. The molecule has 0 radical (unpaired) electrons. The fraction of sp³-hybridized carbons (Fsp3) is 0.556. The summed E-state index contributed by atoms with van der Waals surface area (Å²) in [6.07, 6.45) is -0.785. The smallest absolute Gasteiger partial charge is 0.331 e. The zero-order valence-electron chi connectivity index (χ0n) is 8.32. The fourth-order valence-corrected chi connectivity index (χ4v) is 0.878. The molecular weight excluding hydrogens is 186 g/mol. The molecule has 14 heavy (non-hydrogen) atoms. The summed E-state index contributed by atoms with van der Waals surface area (Å²) < 4.78 is 4.67. The van der Waals surface area contributed by atoms with Crippen LogP contribution in [-0.4, -0.2) is 36.2 Å². The van der Waals surface area contributed by atoms with E-state index in [0.717, 1.165) is 0 Å². The summed E-state index contributed by atoms with van der Waals surface area (Å²) in [6, 6.07) is -1.08. The van der Waals surface area contributed by atoms with Gasteiger partial charge in [0, 0.05) is 0 Å². The molecule has 0 aliphatic carbocycles. The maximum absolute atomic E-state index is 11.2. The Morgan fingerprint density at radius 1 is 1.71 bits per heavy atom. The molecule has 0 fully saturated rings. The average molecular weight is 201 g/mol. The van der Waals surface area contributed by atoms with Gasteiger partial charge in [-0.3, -0.25) is 4.79 Å². The van der Waals surface area contributed by atoms with Crippen LogP contribution in [0.15, 0.2) is 12.2 Å². The van der Waals surface area contributed by atoms with Crippen LogP contribution in [0.4, 0.5) is 0 Å². The van der Waals surface area contributed by atoms with Crippen molar-refractivity contribution in [3.8, 4) is 0 Å². The molecule has 0 aromatic rings. The van der Waals surface area contributed by atoms with Crippen molar-refractivity contribution in [2.24, 2.45) is 0 Å². The van der Waals surface area contributed by atoms with Gasteiger partial charge in [-0.15, -0.1) is 0 Å². The minimum atomic E-state index is -1.13. The molecule has 0 heterocycles. The molecule has 0 bridgehead atoms. The molecule has 5 heteroatoms. The Bertz CT molecular complexity index is 227. The highest BCUT2D eigenvalue weighted by Gasteiger charge is 2.27. The van der Waals surface area contributed by atoms with Crippen LogP contribution in [0.2, 0.25) is 0 Å². The molecule has 2 N–H and O–H groups in total. The van der Waals surface area contributed by atoms with Gasteiger partial charge in [0.2, 0.25) is 6.41 Å². The Morgan fingerprint density at radius 3 is 2.64 bits per heavy atom. The lowest BCUT2D eigenvalue weighted by atomic mass is 10.1. The molecule has 0 aliphatic heterocycles. The first kappa shape index (κ1) is 12.6. The quantitative estimate of drug-likeness (QED) is 0.348. The molecule has 0 saturated heterocycles. The van der Waals surface area contributed by atoms with Gasteiger partial charge in [-0.25, -0.2) is 4.79 Å². The molecule has 80 valence electrons. The van der Waals surface area contributed by atoms with Crippen molar-refractivity contribution in [1.29, 1.82) is 0 Å². The molecule has 1 amide bonds. The van der Waals surface area contributed by atoms with Crippen molar-refractivity contribution >= 4 is 12.4 Å². The monoisotopic (exact) mass is 201 g/mol. The summed E-state index contributed by atoms with van der Waals surface area (Å²) in [7, 11) is 0. The summed E-state index contributed by atoms with van der Waals surface area (Å²) in [6.45, 7) is 6.88. The van der Waals surface area contributed by atoms with Crippen LogP contribution in [0.5, 0.6) is 0 Å². The van der Waals surface area contributed by atoms with Crippen molar-refractivity contribution in [1.82, 2.24) is 5.32 Å². The largest absolute Gasteiger partial charge is 0.464 e. The summed E-state index contributed by atoms with van der Waals surface area (Å²) in [5.41, 5.74) is 0.386. The number of carbonyl (C=O) groups is 2. The Kier molecular flexibility index (Phi) is 5.55. The van der Waals surface area contributed by atoms with E-state index in [1.807, 2.05) is 0 Å². The first-order valence-corrected chi connectivity index (χ1v) is 4.24. The summed E-state index contributed by atoms with van der Waals surface area (Å²) in [5, 5.41) is 11.7. The van der Waals surface area contributed by atoms with Crippen molar-refractivity contribution in [2.45, 2.75) is 26.0 Å². The molecular formula is C9H15NO4. The molecule has 0 spiro atoms. The van der Waals surface area contributed by atoms with E-state index in [1.54, 1.807) is 13.8 Å². The second kappa shape index (κ2) is 6.15. The minimum Gasteiger partial charge on any atom is -0.464 e. The molecule has 0 saturated carbocycles. The van der Waals surface area contributed by atoms with E-state index < -0.39 is 18.1 Å². The Balaban J connectivity index is 4.48. The van der Waals surface area contributed by atoms with Crippen LogP contribution in [0.25, 0.3) is 0 Å². The predicted octanol–water partition coefficient (Wildman–Crippen LogP) is -0.399. The van der Waals surface area contributed by atoms with Gasteiger partial charge in [-0.05, 0) is 19.4 Å². The first-order chi connectivity index (χ1) is 6.54. The normalized spacial score (nSPS) is 13.9. The standard InChI is InChI=1S/C9H15NO4/c1-4-14-9(13)7(10-5-11)8(12)6(2)3/h5,7-8,12H,2,4H2,1,3H3,(H,10,11). The minimum absolute atomic E-state index is 0.193. The highest BCUT2D eigenvalue weighted by Crippen LogP contribution is 2.05. The van der Waals surface area contributed by atoms with Gasteiger partial charge in [0.15, 0.2) is 6.04 Å². The molecule has 2 unspecified atom stereocenters. The predicted molar refractivity (Wildman–Crippen MR) is 50.4 cm³/mol. The second-order valence-electron chi connectivity index (χ2n) is 2.81. The SMILES string of the molecule is C=C(C)C(O)C(NC=O)C(=O)OCC. The summed E-state index contributed by atoms with van der Waals surface area (Å²) in [4.78, 5) is 21.4. The van der Waals surface area contributed by atoms with E-state index in [1.165, 1.54) is 0 Å². The number of amides is 1. The average Bonchev–Trinajstić information content (AvgIpc) is 2.13. The van der Waals surface area contributed by atoms with Gasteiger partial charge >= 0.3 is 5.97 Å². The first-order valence-electron chi connectivity index (χ1n) is 4.24. The number of aliphatic hydroxyl groups is 1. The zero-order chi connectivity index (χ0) is 11.1. The third-order valence-electron chi connectivity index (χ3n) is 1.61. The number of carbonyl (C=O) groups excluding carboxylic acids is 2. The van der Waals surface area contributed by atoms with Crippen LogP contribution in [0, 0.1) is 0 Å². The zero-order valence-corrected chi connectivity index (χ0v) is 8.32. The number of ether oxygens (including phenoxy) is 1. The van der Waals surface area contributed by atoms with Gasteiger partial charge in [-0.1, -0.05) is 6.58 Å². The van der Waals surface area contributed by atoms with Crippen LogP contribution in [0.1, 0.15) is 13.8 Å². The second-order valence-corrected chi connectivity index (χ2v) is 2.81. The lowest BCUT2D eigenvalue weighted by Crippen LogP contribution is -2.46. The lowest BCUT2D eigenvalue weighted by Gasteiger charge is -2.20. The topological polar surface area (TPSA) is 75.6 Å². The number of esters is 1. The van der Waals surface area contributed by atoms with E-state index >= 15 is 0 Å². The van der Waals surface area contributed by atoms with Crippen LogP contribution in [-0.2, 0) is 14.3 Å². The van der Waals surface area contributed by atoms with Gasteiger partial charge in [0.25, 0.3) is 0 Å². The number of hydrogen-bond acceptors (Lipinski definition) is 4. The van der Waals surface area contributed by atoms with Gasteiger partial charge in [-0.2, -0.15) is 0 Å². The molecule has 0 aromatic carbocycles. The van der Waals surface area contributed by atoms with E-state index in [0.29, 0.717) is 12.0 Å². The van der Waals surface area contributed by atoms with Crippen LogP contribution in [0.3, 0.4) is 0 Å². The van der Waals surface area contributed by atoms with E-state index in [9.17, 15) is 14.7 Å². The Hall–Kier alpha value is -1.36. The molecule has 0 aromatic heterocycles. The number of hydrogen-bond donors (Lipinski definition) is 2. The van der Waals surface area contributed by atoms with E-state index in [4.69, 9.17) is 0 Å². The van der Waals surface area contributed by atoms with Crippen molar-refractivity contribution in [2.75, 3.05) is 6.61 Å². The fourth-order valence-electron chi connectivity index (χ4n) is 0.878. The molecule has 2 atom stereocenters. The van der Waals surface area contributed by atoms with Crippen molar-refractivity contribution in [3.63, 3.8) is 0 Å². The van der Waals surface area contributed by atoms with Crippen molar-refractivity contribution < 1.29 is 19.4 Å². The number of aliphatic hydroxyl groups excluding tert-OH is 1. The molecule has 5 nitrogen and oxygen atoms in total. The van der Waals surface area contributed by atoms with E-state index in [-0.39, 0.29) is 6.61 Å². The third-order valence-corrected chi connectivity index (χ3v) is 1.61. The van der Waals surface area contributed by atoms with Crippen molar-refractivity contribution in [3.05, 3.63) is 12.2 Å². The maximum Gasteiger partial charge on any atom is 0.331 e. The maximum atomic E-state index is 11.2. The Morgan fingerprint density at radius 2 is 2.29 bits per heavy atom. The molecule has 0 rings (SSSR count). The number of rotatable bonds is 6. The van der Waals surface area contributed by atoms with E-state index in [2.05, 4.69) is 16.6 Å².